The number of fused-ring (bicyclic) bond motifs is 3. The maximum absolute atomic E-state index is 10.6. The van der Waals surface area contributed by atoms with Crippen molar-refractivity contribution < 1.29 is 9.84 Å². The zero-order valence-electron chi connectivity index (χ0n) is 16.4. The van der Waals surface area contributed by atoms with Crippen LogP contribution in [0.3, 0.4) is 0 Å². The summed E-state index contributed by atoms with van der Waals surface area (Å²) in [6.45, 7) is 1.02. The van der Waals surface area contributed by atoms with Crippen LogP contribution in [0.2, 0.25) is 0 Å². The normalized spacial score (nSPS) is 26.0. The molecule has 2 aromatic heterocycles. The van der Waals surface area contributed by atoms with E-state index in [2.05, 4.69) is 37.7 Å². The molecule has 8 nitrogen and oxygen atoms in total. The molecule has 1 aromatic carbocycles. The van der Waals surface area contributed by atoms with Crippen molar-refractivity contribution in [3.63, 3.8) is 0 Å². The Labute approximate surface area is 172 Å². The number of aromatic nitrogens is 4. The van der Waals surface area contributed by atoms with Crippen molar-refractivity contribution in [1.29, 1.82) is 0 Å². The molecular weight excluding hydrogens is 388 g/mol. The van der Waals surface area contributed by atoms with Crippen molar-refractivity contribution in [2.75, 3.05) is 25.6 Å². The molecule has 2 bridgehead atoms. The van der Waals surface area contributed by atoms with Crippen LogP contribution in [0.5, 0.6) is 5.75 Å². The zero-order valence-corrected chi connectivity index (χ0v) is 17.2. The number of phenols is 1. The molecule has 9 heteroatoms. The van der Waals surface area contributed by atoms with Crippen LogP contribution >= 0.6 is 11.3 Å². The number of rotatable bonds is 5. The first-order valence-corrected chi connectivity index (χ1v) is 10.6. The second kappa shape index (κ2) is 7.40. The Hall–Kier alpha value is -2.49. The van der Waals surface area contributed by atoms with E-state index in [4.69, 9.17) is 4.74 Å². The lowest BCUT2D eigenvalue weighted by atomic mass is 9.75. The Morgan fingerprint density at radius 2 is 2.14 bits per heavy atom. The molecule has 0 amide bonds. The van der Waals surface area contributed by atoms with E-state index in [-0.39, 0.29) is 17.9 Å². The fraction of sp³-hybridized carbons (Fsp3) is 0.450. The van der Waals surface area contributed by atoms with E-state index in [1.807, 2.05) is 12.1 Å². The molecule has 2 saturated heterocycles. The molecule has 152 valence electrons. The van der Waals surface area contributed by atoms with Crippen LogP contribution in [-0.2, 0) is 4.74 Å². The van der Waals surface area contributed by atoms with Crippen LogP contribution in [0.15, 0.2) is 30.6 Å². The number of aromatic amines is 1. The molecule has 3 aliphatic rings. The molecule has 1 aliphatic carbocycles. The van der Waals surface area contributed by atoms with E-state index in [1.165, 1.54) is 17.8 Å². The predicted octanol–water partition coefficient (Wildman–Crippen LogP) is 2.50. The number of hydrogen-bond donors (Lipinski definition) is 3. The van der Waals surface area contributed by atoms with Gasteiger partial charge in [0.2, 0.25) is 5.13 Å². The van der Waals surface area contributed by atoms with Crippen LogP contribution in [-0.4, -0.2) is 64.4 Å². The summed E-state index contributed by atoms with van der Waals surface area (Å²) in [5.74, 6) is 0.717. The van der Waals surface area contributed by atoms with E-state index >= 15 is 0 Å². The largest absolute Gasteiger partial charge is 0.507 e. The molecule has 29 heavy (non-hydrogen) atoms. The number of ether oxygens (including phenoxy) is 1. The number of methoxy groups -OCH3 is 1. The molecule has 0 spiro atoms. The third-order valence-electron chi connectivity index (χ3n) is 6.20. The van der Waals surface area contributed by atoms with Gasteiger partial charge in [0.25, 0.3) is 0 Å². The molecule has 3 unspecified atom stereocenters. The predicted molar refractivity (Wildman–Crippen MR) is 112 cm³/mol. The minimum atomic E-state index is 0.141. The second-order valence-electron chi connectivity index (χ2n) is 7.76. The molecule has 2 aliphatic heterocycles. The van der Waals surface area contributed by atoms with Crippen LogP contribution in [0.4, 0.5) is 5.13 Å². The van der Waals surface area contributed by atoms with E-state index in [0.29, 0.717) is 22.5 Å². The van der Waals surface area contributed by atoms with Gasteiger partial charge in [0.05, 0.1) is 23.9 Å². The molecule has 1 saturated carbocycles. The van der Waals surface area contributed by atoms with Crippen LogP contribution < -0.4 is 10.2 Å². The summed E-state index contributed by atoms with van der Waals surface area (Å²) in [5, 5.41) is 31.2. The lowest BCUT2D eigenvalue weighted by Crippen LogP contribution is -2.66. The van der Waals surface area contributed by atoms with E-state index in [9.17, 15) is 5.11 Å². The SMILES string of the molecule is COC1C2CCC(CN2)[C@@H]1N(C)c1nnc(-c2ccc(-c3cn[nH]c3)cc2O)s1. The topological polar surface area (TPSA) is 99.2 Å². The van der Waals surface area contributed by atoms with Crippen LogP contribution in [0, 0.1) is 5.92 Å². The Balaban J connectivity index is 1.41. The summed E-state index contributed by atoms with van der Waals surface area (Å²) in [6.07, 6.45) is 6.03. The van der Waals surface area contributed by atoms with Gasteiger partial charge in [-0.25, -0.2) is 0 Å². The highest BCUT2D eigenvalue weighted by atomic mass is 32.1. The Bertz CT molecular complexity index is 983. The highest BCUT2D eigenvalue weighted by Gasteiger charge is 2.46. The molecule has 4 atom stereocenters. The number of benzene rings is 1. The van der Waals surface area contributed by atoms with E-state index < -0.39 is 0 Å². The quantitative estimate of drug-likeness (QED) is 0.592. The number of phenolic OH excluding ortho intramolecular Hbond substituents is 1. The second-order valence-corrected chi connectivity index (χ2v) is 8.72. The standard InChI is InChI=1S/C20H24N6O2S/c1-26(17-12-4-6-15(21-8-12)18(17)28-2)20-25-24-19(29-20)14-5-3-11(7-16(14)27)13-9-22-23-10-13/h3,5,7,9-10,12,15,17-18,21,27H,4,6,8H2,1-2H3,(H,22,23)/t12?,15?,17-,18?/m0/s1. The number of nitrogens with one attached hydrogen (secondary N) is 2. The number of piperidine rings is 2. The number of anilines is 1. The first-order valence-electron chi connectivity index (χ1n) is 9.80. The summed E-state index contributed by atoms with van der Waals surface area (Å²) < 4.78 is 5.84. The highest BCUT2D eigenvalue weighted by Crippen LogP contribution is 2.40. The van der Waals surface area contributed by atoms with E-state index in [0.717, 1.165) is 29.2 Å². The number of nitrogens with zero attached hydrogens (tertiary/aromatic N) is 4. The van der Waals surface area contributed by atoms with Crippen molar-refractivity contribution >= 4 is 16.5 Å². The number of likely N-dealkylation sites (N-methyl/N-ethyl adjacent to an activating group) is 1. The summed E-state index contributed by atoms with van der Waals surface area (Å²) in [4.78, 5) is 2.21. The Morgan fingerprint density at radius 1 is 1.24 bits per heavy atom. The highest BCUT2D eigenvalue weighted by molar-refractivity contribution is 7.18. The van der Waals surface area contributed by atoms with Gasteiger partial charge in [0.15, 0.2) is 5.01 Å². The molecule has 6 rings (SSSR count). The first kappa shape index (κ1) is 18.5. The third kappa shape index (κ3) is 3.19. The van der Waals surface area contributed by atoms with Gasteiger partial charge in [-0.15, -0.1) is 10.2 Å². The average Bonchev–Trinajstić information content (AvgIpc) is 3.45. The monoisotopic (exact) mass is 412 g/mol. The molecule has 3 N–H and O–H groups in total. The van der Waals surface area contributed by atoms with Crippen LogP contribution in [0.25, 0.3) is 21.7 Å². The van der Waals surface area contributed by atoms with Gasteiger partial charge in [-0.3, -0.25) is 5.10 Å². The molecule has 3 fully saturated rings. The fourth-order valence-electron chi connectivity index (χ4n) is 4.71. The van der Waals surface area contributed by atoms with Gasteiger partial charge in [0.1, 0.15) is 5.75 Å². The smallest absolute Gasteiger partial charge is 0.208 e. The van der Waals surface area contributed by atoms with Crippen molar-refractivity contribution in [3.8, 4) is 27.4 Å². The third-order valence-corrected chi connectivity index (χ3v) is 7.25. The van der Waals surface area contributed by atoms with Crippen molar-refractivity contribution in [2.45, 2.75) is 31.0 Å². The van der Waals surface area contributed by atoms with E-state index in [1.54, 1.807) is 25.6 Å². The maximum Gasteiger partial charge on any atom is 0.208 e. The van der Waals surface area contributed by atoms with Gasteiger partial charge in [-0.1, -0.05) is 17.4 Å². The molecule has 4 heterocycles. The van der Waals surface area contributed by atoms with Gasteiger partial charge >= 0.3 is 0 Å². The minimum Gasteiger partial charge on any atom is -0.507 e. The van der Waals surface area contributed by atoms with Gasteiger partial charge in [-0.05, 0) is 36.5 Å². The zero-order chi connectivity index (χ0) is 20.0. The summed E-state index contributed by atoms with van der Waals surface area (Å²) in [6, 6.07) is 6.24. The molecule has 3 aromatic rings. The lowest BCUT2D eigenvalue weighted by Gasteiger charge is -2.51. The van der Waals surface area contributed by atoms with Crippen molar-refractivity contribution in [3.05, 3.63) is 30.6 Å². The number of H-pyrrole nitrogens is 1. The summed E-state index contributed by atoms with van der Waals surface area (Å²) >= 11 is 1.49. The lowest BCUT2D eigenvalue weighted by molar-refractivity contribution is -0.0228. The molecule has 0 radical (unpaired) electrons. The minimum absolute atomic E-state index is 0.141. The van der Waals surface area contributed by atoms with Gasteiger partial charge in [0, 0.05) is 38.5 Å². The maximum atomic E-state index is 10.6. The molecular formula is C20H24N6O2S. The fourth-order valence-corrected chi connectivity index (χ4v) is 5.60. The Morgan fingerprint density at radius 3 is 2.83 bits per heavy atom. The first-order chi connectivity index (χ1) is 14.2. The number of hydrogen-bond acceptors (Lipinski definition) is 8. The van der Waals surface area contributed by atoms with Crippen LogP contribution in [0.1, 0.15) is 12.8 Å². The Kier molecular flexibility index (Phi) is 4.73. The van der Waals surface area contributed by atoms with Gasteiger partial charge < -0.3 is 20.1 Å². The summed E-state index contributed by atoms with van der Waals surface area (Å²) in [7, 11) is 3.86. The number of aromatic hydroxyl groups is 1. The van der Waals surface area contributed by atoms with Crippen molar-refractivity contribution in [2.24, 2.45) is 5.92 Å². The average molecular weight is 413 g/mol. The van der Waals surface area contributed by atoms with Gasteiger partial charge in [-0.2, -0.15) is 5.10 Å². The van der Waals surface area contributed by atoms with Crippen molar-refractivity contribution in [1.82, 2.24) is 25.7 Å². The summed E-state index contributed by atoms with van der Waals surface area (Å²) in [5.41, 5.74) is 2.51.